The minimum Gasteiger partial charge on any atom is -0.360 e. The Morgan fingerprint density at radius 1 is 0.960 bits per heavy atom. The molecule has 2 aromatic carbocycles. The van der Waals surface area contributed by atoms with Gasteiger partial charge in [0.15, 0.2) is 6.04 Å². The smallest absolute Gasteiger partial charge is 0.319 e. The number of urea groups is 1. The molecule has 0 spiro atoms. The first-order valence-electron chi connectivity index (χ1n) is 8.45. The van der Waals surface area contributed by atoms with Crippen LogP contribution in [0.1, 0.15) is 11.6 Å². The van der Waals surface area contributed by atoms with Crippen LogP contribution in [0.4, 0.5) is 10.5 Å². The summed E-state index contributed by atoms with van der Waals surface area (Å²) in [6, 6.07) is 18.6. The highest BCUT2D eigenvalue weighted by Crippen LogP contribution is 2.14. The summed E-state index contributed by atoms with van der Waals surface area (Å²) in [6.45, 7) is 3.32. The average Bonchev–Trinajstić information content (AvgIpc) is 2.63. The first-order valence-corrected chi connectivity index (χ1v) is 8.45. The molecule has 1 heterocycles. The van der Waals surface area contributed by atoms with Crippen LogP contribution in [0.5, 0.6) is 0 Å². The van der Waals surface area contributed by atoms with E-state index in [-0.39, 0.29) is 5.91 Å². The minimum absolute atomic E-state index is 0.345. The van der Waals surface area contributed by atoms with Gasteiger partial charge in [-0.15, -0.1) is 0 Å². The number of nitrogens with one attached hydrogen (secondary N) is 2. The third-order valence-electron chi connectivity index (χ3n) is 4.58. The maximum absolute atomic E-state index is 12.6. The van der Waals surface area contributed by atoms with Crippen LogP contribution < -0.4 is 20.9 Å². The molecule has 0 saturated carbocycles. The first kappa shape index (κ1) is 17.0. The molecule has 0 unspecified atom stereocenters. The van der Waals surface area contributed by atoms with E-state index >= 15 is 0 Å². The second-order valence-electron chi connectivity index (χ2n) is 6.18. The second kappa shape index (κ2) is 7.81. The number of carbonyl (C=O) groups excluding carboxylic acids is 2. The van der Waals surface area contributed by atoms with Crippen molar-refractivity contribution >= 4 is 17.6 Å². The lowest BCUT2D eigenvalue weighted by Gasteiger charge is -2.37. The van der Waals surface area contributed by atoms with Crippen molar-refractivity contribution in [1.82, 2.24) is 5.32 Å². The molecule has 2 aromatic rings. The first-order chi connectivity index (χ1) is 12.1. The van der Waals surface area contributed by atoms with E-state index in [1.165, 1.54) is 5.69 Å². The molecular weight excluding hydrogens is 316 g/mol. The number of nitrogens with two attached hydrogens (primary N) is 1. The van der Waals surface area contributed by atoms with Crippen LogP contribution in [0.3, 0.4) is 0 Å². The van der Waals surface area contributed by atoms with Gasteiger partial charge in [-0.05, 0) is 12.1 Å². The monoisotopic (exact) mass is 339 g/mol. The van der Waals surface area contributed by atoms with Gasteiger partial charge in [-0.1, -0.05) is 48.5 Å². The molecule has 4 N–H and O–H groups in total. The van der Waals surface area contributed by atoms with Crippen molar-refractivity contribution in [1.29, 1.82) is 0 Å². The van der Waals surface area contributed by atoms with E-state index in [1.807, 2.05) is 48.5 Å². The van der Waals surface area contributed by atoms with Gasteiger partial charge in [-0.3, -0.25) is 10.1 Å². The lowest BCUT2D eigenvalue weighted by Crippen LogP contribution is -3.16. The number of primary amides is 1. The number of para-hydroxylation sites is 1. The second-order valence-corrected chi connectivity index (χ2v) is 6.18. The van der Waals surface area contributed by atoms with Crippen LogP contribution in [0.2, 0.25) is 0 Å². The molecule has 0 radical (unpaired) electrons. The van der Waals surface area contributed by atoms with Gasteiger partial charge < -0.3 is 15.5 Å². The number of benzene rings is 2. The SMILES string of the molecule is NC(=O)NC(=O)[C@@H](c1ccccc1)[NH+]1CCN(c2ccccc2)CC1. The van der Waals surface area contributed by atoms with Crippen LogP contribution in [0.15, 0.2) is 60.7 Å². The molecule has 0 bridgehead atoms. The zero-order valence-electron chi connectivity index (χ0n) is 14.0. The van der Waals surface area contributed by atoms with Gasteiger partial charge in [0.25, 0.3) is 5.91 Å². The molecule has 1 aliphatic heterocycles. The Kier molecular flexibility index (Phi) is 5.30. The molecule has 6 nitrogen and oxygen atoms in total. The molecule has 6 heteroatoms. The Bertz CT molecular complexity index is 713. The minimum atomic E-state index is -0.812. The predicted molar refractivity (Wildman–Crippen MR) is 96.3 cm³/mol. The van der Waals surface area contributed by atoms with E-state index in [4.69, 9.17) is 5.73 Å². The van der Waals surface area contributed by atoms with Crippen molar-refractivity contribution in [2.24, 2.45) is 5.73 Å². The number of anilines is 1. The summed E-state index contributed by atoms with van der Waals surface area (Å²) >= 11 is 0. The van der Waals surface area contributed by atoms with Gasteiger partial charge in [0, 0.05) is 11.3 Å². The van der Waals surface area contributed by atoms with Crippen LogP contribution in [-0.2, 0) is 4.79 Å². The Morgan fingerprint density at radius 2 is 1.52 bits per heavy atom. The maximum atomic E-state index is 12.6. The highest BCUT2D eigenvalue weighted by molar-refractivity contribution is 5.96. The quantitative estimate of drug-likeness (QED) is 0.751. The summed E-state index contributed by atoms with van der Waals surface area (Å²) < 4.78 is 0. The lowest BCUT2D eigenvalue weighted by molar-refractivity contribution is -0.922. The number of nitrogens with zero attached hydrogens (tertiary/aromatic N) is 1. The molecule has 130 valence electrons. The Balaban J connectivity index is 1.74. The molecule has 0 aromatic heterocycles. The molecule has 1 aliphatic rings. The predicted octanol–water partition coefficient (Wildman–Crippen LogP) is 0.328. The maximum Gasteiger partial charge on any atom is 0.319 e. The van der Waals surface area contributed by atoms with E-state index in [9.17, 15) is 9.59 Å². The highest BCUT2D eigenvalue weighted by atomic mass is 16.2. The zero-order chi connectivity index (χ0) is 17.6. The summed E-state index contributed by atoms with van der Waals surface area (Å²) in [5, 5.41) is 2.25. The number of quaternary nitrogens is 1. The van der Waals surface area contributed by atoms with Crippen molar-refractivity contribution in [3.05, 3.63) is 66.2 Å². The summed E-state index contributed by atoms with van der Waals surface area (Å²) in [5.41, 5.74) is 7.24. The highest BCUT2D eigenvalue weighted by Gasteiger charge is 2.34. The van der Waals surface area contributed by atoms with Gasteiger partial charge in [0.2, 0.25) is 0 Å². The number of hydrogen-bond acceptors (Lipinski definition) is 3. The zero-order valence-corrected chi connectivity index (χ0v) is 14.0. The van der Waals surface area contributed by atoms with E-state index in [2.05, 4.69) is 22.3 Å². The third-order valence-corrected chi connectivity index (χ3v) is 4.58. The fraction of sp³-hybridized carbons (Fsp3) is 0.263. The van der Waals surface area contributed by atoms with Crippen LogP contribution in [0.25, 0.3) is 0 Å². The number of hydrogen-bond donors (Lipinski definition) is 3. The van der Waals surface area contributed by atoms with Gasteiger partial charge in [0.1, 0.15) is 0 Å². The van der Waals surface area contributed by atoms with E-state index < -0.39 is 12.1 Å². The third kappa shape index (κ3) is 4.16. The standard InChI is InChI=1S/C19H22N4O2/c20-19(25)21-18(24)17(15-7-3-1-4-8-15)23-13-11-22(12-14-23)16-9-5-2-6-10-16/h1-10,17H,11-14H2,(H3,20,21,24,25)/p+1/t17-/m1/s1. The summed E-state index contributed by atoms with van der Waals surface area (Å²) in [4.78, 5) is 27.1. The van der Waals surface area contributed by atoms with Crippen molar-refractivity contribution in [2.75, 3.05) is 31.1 Å². The normalized spacial score (nSPS) is 16.2. The van der Waals surface area contributed by atoms with E-state index in [0.717, 1.165) is 36.6 Å². The van der Waals surface area contributed by atoms with E-state index in [0.29, 0.717) is 0 Å². The number of rotatable bonds is 4. The molecule has 1 atom stereocenters. The van der Waals surface area contributed by atoms with Gasteiger partial charge in [0.05, 0.1) is 26.2 Å². The van der Waals surface area contributed by atoms with Crippen LogP contribution in [0, 0.1) is 0 Å². The van der Waals surface area contributed by atoms with Crippen molar-refractivity contribution in [3.63, 3.8) is 0 Å². The summed E-state index contributed by atoms with van der Waals surface area (Å²) in [7, 11) is 0. The molecular formula is C19H23N4O2+. The molecule has 25 heavy (non-hydrogen) atoms. The fourth-order valence-corrected chi connectivity index (χ4v) is 3.39. The van der Waals surface area contributed by atoms with Crippen molar-refractivity contribution in [2.45, 2.75) is 6.04 Å². The largest absolute Gasteiger partial charge is 0.360 e. The Labute approximate surface area is 147 Å². The molecule has 1 fully saturated rings. The van der Waals surface area contributed by atoms with E-state index in [1.54, 1.807) is 0 Å². The Morgan fingerprint density at radius 3 is 2.08 bits per heavy atom. The molecule has 1 saturated heterocycles. The van der Waals surface area contributed by atoms with Gasteiger partial charge >= 0.3 is 6.03 Å². The van der Waals surface area contributed by atoms with Crippen molar-refractivity contribution < 1.29 is 14.5 Å². The van der Waals surface area contributed by atoms with Gasteiger partial charge in [-0.25, -0.2) is 4.79 Å². The average molecular weight is 339 g/mol. The topological polar surface area (TPSA) is 79.9 Å². The fourth-order valence-electron chi connectivity index (χ4n) is 3.39. The van der Waals surface area contributed by atoms with Gasteiger partial charge in [-0.2, -0.15) is 0 Å². The lowest BCUT2D eigenvalue weighted by atomic mass is 10.0. The van der Waals surface area contributed by atoms with Crippen LogP contribution >= 0.6 is 0 Å². The number of carbonyl (C=O) groups is 2. The molecule has 3 amide bonds. The Hall–Kier alpha value is -2.86. The summed E-state index contributed by atoms with van der Waals surface area (Å²) in [6.07, 6.45) is 0. The number of imide groups is 1. The molecule has 0 aliphatic carbocycles. The molecule has 3 rings (SSSR count). The van der Waals surface area contributed by atoms with Crippen molar-refractivity contribution in [3.8, 4) is 0 Å². The number of piperazine rings is 1. The number of amides is 3. The van der Waals surface area contributed by atoms with Crippen LogP contribution in [-0.4, -0.2) is 38.1 Å². The summed E-state index contributed by atoms with van der Waals surface area (Å²) in [5.74, 6) is -0.345.